The van der Waals surface area contributed by atoms with Gasteiger partial charge in [0.05, 0.1) is 30.3 Å². The lowest BCUT2D eigenvalue weighted by molar-refractivity contribution is -0.132. The van der Waals surface area contributed by atoms with Crippen LogP contribution in [0.5, 0.6) is 5.75 Å². The molecule has 3 rings (SSSR count). The Kier molecular flexibility index (Phi) is 6.22. The predicted octanol–water partition coefficient (Wildman–Crippen LogP) is 3.54. The molecule has 0 saturated carbocycles. The van der Waals surface area contributed by atoms with Crippen LogP contribution in [0.4, 0.5) is 5.69 Å². The summed E-state index contributed by atoms with van der Waals surface area (Å²) in [6, 6.07) is 14.5. The zero-order valence-electron chi connectivity index (χ0n) is 16.8. The number of rotatable bonds is 7. The molecule has 154 valence electrons. The number of hydrogen-bond donors (Lipinski definition) is 1. The van der Waals surface area contributed by atoms with E-state index in [1.807, 2.05) is 43.3 Å². The van der Waals surface area contributed by atoms with Gasteiger partial charge in [0.1, 0.15) is 5.75 Å². The van der Waals surface area contributed by atoms with Crippen molar-refractivity contribution in [1.29, 1.82) is 0 Å². The summed E-state index contributed by atoms with van der Waals surface area (Å²) in [6.45, 7) is 4.31. The van der Waals surface area contributed by atoms with Crippen LogP contribution in [0.15, 0.2) is 53.6 Å². The topological polar surface area (TPSA) is 88.1 Å². The molecule has 2 aromatic carbocycles. The van der Waals surface area contributed by atoms with Gasteiger partial charge < -0.3 is 4.74 Å². The molecular weight excluding hydrogens is 390 g/mol. The van der Waals surface area contributed by atoms with E-state index in [4.69, 9.17) is 4.74 Å². The van der Waals surface area contributed by atoms with Crippen LogP contribution in [0.25, 0.3) is 0 Å². The second-order valence-corrected chi connectivity index (χ2v) is 8.53. The molecule has 2 aromatic rings. The predicted molar refractivity (Wildman–Crippen MR) is 114 cm³/mol. The van der Waals surface area contributed by atoms with Gasteiger partial charge in [-0.25, -0.2) is 13.4 Å². The lowest BCUT2D eigenvalue weighted by atomic mass is 9.97. The maximum Gasteiger partial charge on any atom is 0.242 e. The van der Waals surface area contributed by atoms with Gasteiger partial charge in [-0.1, -0.05) is 37.3 Å². The number of anilines is 1. The van der Waals surface area contributed by atoms with Crippen LogP contribution in [0.3, 0.4) is 0 Å². The van der Waals surface area contributed by atoms with Crippen molar-refractivity contribution in [3.05, 3.63) is 59.7 Å². The van der Waals surface area contributed by atoms with Gasteiger partial charge in [-0.3, -0.25) is 9.52 Å². The van der Waals surface area contributed by atoms with Crippen molar-refractivity contribution in [2.75, 3.05) is 17.6 Å². The maximum atomic E-state index is 12.5. The fourth-order valence-electron chi connectivity index (χ4n) is 3.30. The molecule has 0 aliphatic carbocycles. The summed E-state index contributed by atoms with van der Waals surface area (Å²) in [7, 11) is -3.44. The molecule has 0 saturated heterocycles. The molecule has 0 spiro atoms. The largest absolute Gasteiger partial charge is 0.494 e. The highest BCUT2D eigenvalue weighted by molar-refractivity contribution is 7.92. The lowest BCUT2D eigenvalue weighted by Gasteiger charge is -2.21. The van der Waals surface area contributed by atoms with Crippen LogP contribution < -0.4 is 9.46 Å². The molecule has 1 atom stereocenters. The fraction of sp³-hybridized carbons (Fsp3) is 0.333. The number of hydrazone groups is 1. The van der Waals surface area contributed by atoms with Gasteiger partial charge in [-0.2, -0.15) is 5.10 Å². The minimum atomic E-state index is -3.44. The quantitative estimate of drug-likeness (QED) is 0.749. The molecule has 1 heterocycles. The number of ether oxygens (including phenoxy) is 1. The van der Waals surface area contributed by atoms with E-state index in [0.29, 0.717) is 36.4 Å². The van der Waals surface area contributed by atoms with Gasteiger partial charge in [0.15, 0.2) is 0 Å². The molecule has 0 radical (unpaired) electrons. The SMILES string of the molecule is CCOc1ccc([C@H]2CC(c3ccccc3NS(C)(=O)=O)=NN2C(=O)CC)cc1. The summed E-state index contributed by atoms with van der Waals surface area (Å²) in [5.74, 6) is 0.680. The Morgan fingerprint density at radius 2 is 1.86 bits per heavy atom. The van der Waals surface area contributed by atoms with E-state index in [1.165, 1.54) is 5.01 Å². The Balaban J connectivity index is 1.95. The Bertz CT molecular complexity index is 1020. The molecule has 1 aliphatic heterocycles. The zero-order valence-corrected chi connectivity index (χ0v) is 17.6. The third kappa shape index (κ3) is 4.95. The molecule has 0 unspecified atom stereocenters. The lowest BCUT2D eigenvalue weighted by Crippen LogP contribution is -2.26. The van der Waals surface area contributed by atoms with Crippen LogP contribution in [-0.4, -0.2) is 37.9 Å². The first-order valence-corrected chi connectivity index (χ1v) is 11.4. The first-order valence-electron chi connectivity index (χ1n) is 9.52. The van der Waals surface area contributed by atoms with Crippen molar-refractivity contribution in [2.24, 2.45) is 5.10 Å². The maximum absolute atomic E-state index is 12.5. The minimum absolute atomic E-state index is 0.0903. The number of benzene rings is 2. The zero-order chi connectivity index (χ0) is 21.0. The molecule has 29 heavy (non-hydrogen) atoms. The molecule has 8 heteroatoms. The van der Waals surface area contributed by atoms with E-state index >= 15 is 0 Å². The number of nitrogens with one attached hydrogen (secondary N) is 1. The highest BCUT2D eigenvalue weighted by Gasteiger charge is 2.33. The number of para-hydroxylation sites is 1. The summed E-state index contributed by atoms with van der Waals surface area (Å²) in [5, 5.41) is 6.07. The van der Waals surface area contributed by atoms with E-state index in [9.17, 15) is 13.2 Å². The van der Waals surface area contributed by atoms with Crippen LogP contribution in [0, 0.1) is 0 Å². The van der Waals surface area contributed by atoms with Crippen molar-refractivity contribution in [3.63, 3.8) is 0 Å². The average molecular weight is 416 g/mol. The summed E-state index contributed by atoms with van der Waals surface area (Å²) in [4.78, 5) is 12.5. The molecule has 0 aromatic heterocycles. The Labute approximate surface area is 171 Å². The summed E-state index contributed by atoms with van der Waals surface area (Å²) < 4.78 is 31.5. The molecule has 7 nitrogen and oxygen atoms in total. The summed E-state index contributed by atoms with van der Waals surface area (Å²) in [6.07, 6.45) is 1.92. The number of sulfonamides is 1. The van der Waals surface area contributed by atoms with Crippen LogP contribution in [0.2, 0.25) is 0 Å². The van der Waals surface area contributed by atoms with Crippen molar-refractivity contribution < 1.29 is 17.9 Å². The highest BCUT2D eigenvalue weighted by atomic mass is 32.2. The van der Waals surface area contributed by atoms with Crippen LogP contribution in [0.1, 0.15) is 43.9 Å². The number of carbonyl (C=O) groups is 1. The van der Waals surface area contributed by atoms with Crippen molar-refractivity contribution >= 4 is 27.3 Å². The minimum Gasteiger partial charge on any atom is -0.494 e. The van der Waals surface area contributed by atoms with Gasteiger partial charge in [-0.05, 0) is 30.7 Å². The van der Waals surface area contributed by atoms with Crippen LogP contribution >= 0.6 is 0 Å². The Hall–Kier alpha value is -2.87. The average Bonchev–Trinajstić information content (AvgIpc) is 3.12. The molecule has 0 fully saturated rings. The second-order valence-electron chi connectivity index (χ2n) is 6.78. The van der Waals surface area contributed by atoms with Crippen molar-refractivity contribution in [2.45, 2.75) is 32.7 Å². The number of carbonyl (C=O) groups excluding carboxylic acids is 1. The second kappa shape index (κ2) is 8.65. The third-order valence-corrected chi connectivity index (χ3v) is 5.17. The number of amides is 1. The summed E-state index contributed by atoms with van der Waals surface area (Å²) in [5.41, 5.74) is 2.73. The smallest absolute Gasteiger partial charge is 0.242 e. The van der Waals surface area contributed by atoms with E-state index in [2.05, 4.69) is 9.82 Å². The van der Waals surface area contributed by atoms with Crippen LogP contribution in [-0.2, 0) is 14.8 Å². The monoisotopic (exact) mass is 415 g/mol. The Morgan fingerprint density at radius 1 is 1.17 bits per heavy atom. The van der Waals surface area contributed by atoms with Gasteiger partial charge in [0, 0.05) is 18.4 Å². The molecule has 1 aliphatic rings. The van der Waals surface area contributed by atoms with Crippen molar-refractivity contribution in [3.8, 4) is 5.75 Å². The van der Waals surface area contributed by atoms with E-state index in [-0.39, 0.29) is 11.9 Å². The van der Waals surface area contributed by atoms with Crippen molar-refractivity contribution in [1.82, 2.24) is 5.01 Å². The van der Waals surface area contributed by atoms with Gasteiger partial charge in [-0.15, -0.1) is 0 Å². The molecule has 1 N–H and O–H groups in total. The van der Waals surface area contributed by atoms with E-state index in [0.717, 1.165) is 17.6 Å². The van der Waals surface area contributed by atoms with E-state index < -0.39 is 10.0 Å². The first-order chi connectivity index (χ1) is 13.8. The standard InChI is InChI=1S/C21H25N3O4S/c1-4-21(25)24-20(15-10-12-16(13-11-15)28-5-2)14-19(22-24)17-8-6-7-9-18(17)23-29(3,26)27/h6-13,20,23H,4-5,14H2,1-3H3/t20-/m1/s1. The van der Waals surface area contributed by atoms with E-state index in [1.54, 1.807) is 19.1 Å². The fourth-order valence-corrected chi connectivity index (χ4v) is 3.88. The third-order valence-electron chi connectivity index (χ3n) is 4.58. The molecule has 1 amide bonds. The molecular formula is C21H25N3O4S. The Morgan fingerprint density at radius 3 is 2.48 bits per heavy atom. The number of hydrogen-bond acceptors (Lipinski definition) is 5. The van der Waals surface area contributed by atoms with Gasteiger partial charge >= 0.3 is 0 Å². The van der Waals surface area contributed by atoms with Gasteiger partial charge in [0.2, 0.25) is 15.9 Å². The summed E-state index contributed by atoms with van der Waals surface area (Å²) >= 11 is 0. The highest BCUT2D eigenvalue weighted by Crippen LogP contribution is 2.35. The first kappa shape index (κ1) is 20.9. The normalized spacial score (nSPS) is 16.4. The van der Waals surface area contributed by atoms with Gasteiger partial charge in [0.25, 0.3) is 0 Å². The number of nitrogens with zero attached hydrogens (tertiary/aromatic N) is 2. The molecule has 0 bridgehead atoms.